The number of carbonyl (C=O) groups excluding carboxylic acids is 1. The van der Waals surface area contributed by atoms with Crippen LogP contribution < -0.4 is 4.72 Å². The summed E-state index contributed by atoms with van der Waals surface area (Å²) in [5, 5.41) is 7.25. The molecule has 9 heteroatoms. The third-order valence-electron chi connectivity index (χ3n) is 2.24. The highest BCUT2D eigenvalue weighted by molar-refractivity contribution is 7.94. The number of nitrogens with one attached hydrogen (secondary N) is 1. The number of esters is 1. The van der Waals surface area contributed by atoms with Crippen LogP contribution in [0.5, 0.6) is 0 Å². The molecule has 0 radical (unpaired) electrons. The molecule has 0 amide bonds. The van der Waals surface area contributed by atoms with Crippen LogP contribution >= 0.6 is 0 Å². The summed E-state index contributed by atoms with van der Waals surface area (Å²) in [7, 11) is -2.89. The third-order valence-corrected chi connectivity index (χ3v) is 3.88. The number of sulfonamides is 1. The second-order valence-corrected chi connectivity index (χ2v) is 5.55. The van der Waals surface area contributed by atoms with Crippen LogP contribution in [0.4, 0.5) is 5.69 Å². The van der Waals surface area contributed by atoms with Crippen molar-refractivity contribution in [3.8, 4) is 0 Å². The zero-order valence-electron chi connectivity index (χ0n) is 10.2. The van der Waals surface area contributed by atoms with Crippen LogP contribution in [0.1, 0.15) is 17.4 Å². The van der Waals surface area contributed by atoms with Gasteiger partial charge in [-0.05, 0) is 19.1 Å². The van der Waals surface area contributed by atoms with Crippen LogP contribution in [0.2, 0.25) is 0 Å². The average molecular weight is 288 g/mol. The number of hydrogen-bond acceptors (Lipinski definition) is 6. The van der Waals surface area contributed by atoms with Crippen molar-refractivity contribution in [2.24, 2.45) is 0 Å². The van der Waals surface area contributed by atoms with Crippen LogP contribution in [0, 0.1) is 0 Å². The minimum absolute atomic E-state index is 0.0563. The summed E-state index contributed by atoms with van der Waals surface area (Å²) >= 11 is 0. The van der Waals surface area contributed by atoms with Gasteiger partial charge in [-0.3, -0.25) is 9.52 Å². The molecule has 0 aliphatic rings. The van der Waals surface area contributed by atoms with Gasteiger partial charge in [0.2, 0.25) is 10.0 Å². The summed E-state index contributed by atoms with van der Waals surface area (Å²) in [5.41, 5.74) is -0.162. The van der Waals surface area contributed by atoms with Crippen LogP contribution in [-0.2, 0) is 19.6 Å². The maximum absolute atomic E-state index is 11.8. The van der Waals surface area contributed by atoms with E-state index < -0.39 is 27.2 Å². The minimum Gasteiger partial charge on any atom is -0.477 e. The normalized spacial score (nSPS) is 12.5. The van der Waals surface area contributed by atoms with Crippen molar-refractivity contribution in [2.75, 3.05) is 11.8 Å². The van der Waals surface area contributed by atoms with E-state index in [9.17, 15) is 18.0 Å². The van der Waals surface area contributed by atoms with Crippen LogP contribution in [0.25, 0.3) is 0 Å². The predicted octanol–water partition coefficient (Wildman–Crippen LogP) is 0.0830. The van der Waals surface area contributed by atoms with E-state index in [0.29, 0.717) is 0 Å². The SMILES string of the molecule is COC(=O)C(C)S(=O)(=O)Nc1ccc(C(=O)O)nc1. The molecule has 19 heavy (non-hydrogen) atoms. The van der Waals surface area contributed by atoms with Gasteiger partial charge in [0.05, 0.1) is 19.0 Å². The zero-order chi connectivity index (χ0) is 14.6. The quantitative estimate of drug-likeness (QED) is 0.735. The molecule has 1 unspecified atom stereocenters. The smallest absolute Gasteiger partial charge is 0.354 e. The first kappa shape index (κ1) is 14.9. The molecule has 0 spiro atoms. The first-order valence-corrected chi connectivity index (χ1v) is 6.61. The van der Waals surface area contributed by atoms with Crippen molar-refractivity contribution >= 4 is 27.6 Å². The van der Waals surface area contributed by atoms with Gasteiger partial charge in [-0.2, -0.15) is 0 Å². The Kier molecular flexibility index (Phi) is 4.43. The molecule has 0 saturated carbocycles. The van der Waals surface area contributed by atoms with Crippen molar-refractivity contribution in [1.82, 2.24) is 4.98 Å². The Bertz CT molecular complexity index is 581. The number of carboxylic acids is 1. The largest absolute Gasteiger partial charge is 0.477 e. The molecule has 0 aromatic carbocycles. The standard InChI is InChI=1S/C10H12N2O6S/c1-6(10(15)18-2)19(16,17)12-7-3-4-8(9(13)14)11-5-7/h3-6,12H,1-2H3,(H,13,14). The Hall–Kier alpha value is -2.16. The summed E-state index contributed by atoms with van der Waals surface area (Å²) in [4.78, 5) is 25.3. The van der Waals surface area contributed by atoms with E-state index >= 15 is 0 Å². The molecular weight excluding hydrogens is 276 g/mol. The Morgan fingerprint density at radius 2 is 2.05 bits per heavy atom. The molecule has 1 atom stereocenters. The lowest BCUT2D eigenvalue weighted by Gasteiger charge is -2.12. The van der Waals surface area contributed by atoms with Gasteiger partial charge in [-0.1, -0.05) is 0 Å². The predicted molar refractivity (Wildman–Crippen MR) is 65.2 cm³/mol. The number of carboxylic acid groups (broad SMARTS) is 1. The lowest BCUT2D eigenvalue weighted by Crippen LogP contribution is -2.33. The van der Waals surface area contributed by atoms with Gasteiger partial charge in [0, 0.05) is 0 Å². The van der Waals surface area contributed by atoms with Crippen molar-refractivity contribution < 1.29 is 27.9 Å². The van der Waals surface area contributed by atoms with Gasteiger partial charge in [0.25, 0.3) is 0 Å². The number of rotatable bonds is 5. The molecule has 0 aliphatic heterocycles. The van der Waals surface area contributed by atoms with Gasteiger partial charge >= 0.3 is 11.9 Å². The van der Waals surface area contributed by atoms with E-state index in [1.165, 1.54) is 13.0 Å². The van der Waals surface area contributed by atoms with Crippen LogP contribution in [-0.4, -0.2) is 42.8 Å². The lowest BCUT2D eigenvalue weighted by molar-refractivity contribution is -0.139. The summed E-state index contributed by atoms with van der Waals surface area (Å²) in [5.74, 6) is -2.13. The van der Waals surface area contributed by atoms with Crippen molar-refractivity contribution in [2.45, 2.75) is 12.2 Å². The second-order valence-electron chi connectivity index (χ2n) is 3.55. The number of pyridine rings is 1. The van der Waals surface area contributed by atoms with E-state index in [2.05, 4.69) is 14.4 Å². The summed E-state index contributed by atoms with van der Waals surface area (Å²) in [6, 6.07) is 2.38. The highest BCUT2D eigenvalue weighted by Gasteiger charge is 2.28. The molecule has 0 bridgehead atoms. The number of ether oxygens (including phenoxy) is 1. The molecule has 0 saturated heterocycles. The number of hydrogen-bond donors (Lipinski definition) is 2. The highest BCUT2D eigenvalue weighted by atomic mass is 32.2. The van der Waals surface area contributed by atoms with Crippen LogP contribution in [0.15, 0.2) is 18.3 Å². The maximum Gasteiger partial charge on any atom is 0.354 e. The third kappa shape index (κ3) is 3.65. The van der Waals surface area contributed by atoms with Crippen LogP contribution in [0.3, 0.4) is 0 Å². The second kappa shape index (κ2) is 5.65. The number of aromatic nitrogens is 1. The fourth-order valence-corrected chi connectivity index (χ4v) is 2.10. The number of nitrogens with zero attached hydrogens (tertiary/aromatic N) is 1. The van der Waals surface area contributed by atoms with Gasteiger partial charge in [-0.15, -0.1) is 0 Å². The van der Waals surface area contributed by atoms with E-state index in [0.717, 1.165) is 19.4 Å². The van der Waals surface area contributed by atoms with E-state index in [4.69, 9.17) is 5.11 Å². The summed E-state index contributed by atoms with van der Waals surface area (Å²) in [6.45, 7) is 1.17. The van der Waals surface area contributed by atoms with Gasteiger partial charge in [-0.25, -0.2) is 18.2 Å². The van der Waals surface area contributed by atoms with Gasteiger partial charge in [0.15, 0.2) is 5.25 Å². The lowest BCUT2D eigenvalue weighted by atomic mass is 10.3. The van der Waals surface area contributed by atoms with E-state index in [1.807, 2.05) is 0 Å². The monoisotopic (exact) mass is 288 g/mol. The molecule has 1 aromatic heterocycles. The van der Waals surface area contributed by atoms with Gasteiger partial charge in [0.1, 0.15) is 5.69 Å². The van der Waals surface area contributed by atoms with Crippen molar-refractivity contribution in [1.29, 1.82) is 0 Å². The fourth-order valence-electron chi connectivity index (χ4n) is 1.13. The molecule has 1 rings (SSSR count). The Morgan fingerprint density at radius 3 is 2.47 bits per heavy atom. The summed E-state index contributed by atoms with van der Waals surface area (Å²) in [6.07, 6.45) is 1.05. The first-order valence-electron chi connectivity index (χ1n) is 5.06. The molecule has 0 aliphatic carbocycles. The van der Waals surface area contributed by atoms with E-state index in [1.54, 1.807) is 0 Å². The molecule has 0 fully saturated rings. The fraction of sp³-hybridized carbons (Fsp3) is 0.300. The van der Waals surface area contributed by atoms with Gasteiger partial charge < -0.3 is 9.84 Å². The number of anilines is 1. The molecule has 2 N–H and O–H groups in total. The maximum atomic E-state index is 11.8. The first-order chi connectivity index (χ1) is 8.77. The average Bonchev–Trinajstić information content (AvgIpc) is 2.37. The molecule has 8 nitrogen and oxygen atoms in total. The minimum atomic E-state index is -3.97. The molecule has 1 heterocycles. The Labute approximate surface area is 109 Å². The number of methoxy groups -OCH3 is 1. The molecular formula is C10H12N2O6S. The van der Waals surface area contributed by atoms with Crippen molar-refractivity contribution in [3.63, 3.8) is 0 Å². The zero-order valence-corrected chi connectivity index (χ0v) is 11.0. The number of carbonyl (C=O) groups is 2. The Balaban J connectivity index is 2.90. The van der Waals surface area contributed by atoms with E-state index in [-0.39, 0.29) is 11.4 Å². The highest BCUT2D eigenvalue weighted by Crippen LogP contribution is 2.12. The summed E-state index contributed by atoms with van der Waals surface area (Å²) < 4.78 is 30.0. The molecule has 1 aromatic rings. The Morgan fingerprint density at radius 1 is 1.42 bits per heavy atom. The van der Waals surface area contributed by atoms with Crippen molar-refractivity contribution in [3.05, 3.63) is 24.0 Å². The molecule has 104 valence electrons. The topological polar surface area (TPSA) is 123 Å². The number of aromatic carboxylic acids is 1.